The Labute approximate surface area is 162 Å². The largest absolute Gasteiger partial charge is 0.298 e. The Morgan fingerprint density at radius 2 is 2.00 bits per heavy atom. The summed E-state index contributed by atoms with van der Waals surface area (Å²) in [5.74, 6) is -2.23. The number of aromatic nitrogens is 4. The number of pyridine rings is 1. The maximum absolute atomic E-state index is 13.4. The van der Waals surface area contributed by atoms with Crippen molar-refractivity contribution in [3.05, 3.63) is 59.2 Å². The molecule has 3 aromatic heterocycles. The maximum Gasteiger partial charge on any atom is 0.259 e. The second-order valence-corrected chi connectivity index (χ2v) is 7.30. The van der Waals surface area contributed by atoms with Crippen LogP contribution >= 0.6 is 11.3 Å². The molecule has 1 amide bonds. The zero-order chi connectivity index (χ0) is 19.8. The Morgan fingerprint density at radius 3 is 2.75 bits per heavy atom. The van der Waals surface area contributed by atoms with Crippen molar-refractivity contribution in [3.8, 4) is 11.3 Å². The fourth-order valence-electron chi connectivity index (χ4n) is 2.73. The molecule has 0 aliphatic carbocycles. The highest BCUT2D eigenvalue weighted by molar-refractivity contribution is 7.14. The van der Waals surface area contributed by atoms with E-state index in [0.717, 1.165) is 17.5 Å². The van der Waals surface area contributed by atoms with Crippen LogP contribution in [0.15, 0.2) is 42.0 Å². The molecule has 0 radical (unpaired) electrons. The van der Waals surface area contributed by atoms with Gasteiger partial charge in [-0.25, -0.2) is 23.4 Å². The average molecular weight is 399 g/mol. The molecule has 0 spiro atoms. The van der Waals surface area contributed by atoms with E-state index in [1.54, 1.807) is 22.3 Å². The standard InChI is InChI=1S/C19H15F2N5OS/c1-10(2)26-17-12(8-23-26)5-13(7-22-17)18(27)25-19-24-16(9-28-19)11-3-4-14(20)15(21)6-11/h3-10H,1-2H3,(H,24,25,27). The van der Waals surface area contributed by atoms with Crippen LogP contribution in [-0.2, 0) is 0 Å². The fourth-order valence-corrected chi connectivity index (χ4v) is 3.45. The van der Waals surface area contributed by atoms with Crippen LogP contribution in [0.3, 0.4) is 0 Å². The molecule has 9 heteroatoms. The van der Waals surface area contributed by atoms with E-state index < -0.39 is 11.6 Å². The third-order valence-electron chi connectivity index (χ3n) is 4.12. The summed E-state index contributed by atoms with van der Waals surface area (Å²) in [6.07, 6.45) is 3.16. The number of carbonyl (C=O) groups is 1. The molecular formula is C19H15F2N5OS. The summed E-state index contributed by atoms with van der Waals surface area (Å²) < 4.78 is 28.3. The van der Waals surface area contributed by atoms with Crippen LogP contribution < -0.4 is 5.32 Å². The van der Waals surface area contributed by atoms with Gasteiger partial charge in [0, 0.05) is 28.6 Å². The second-order valence-electron chi connectivity index (χ2n) is 6.44. The molecule has 4 rings (SSSR count). The smallest absolute Gasteiger partial charge is 0.259 e. The molecule has 4 aromatic rings. The molecule has 0 saturated carbocycles. The number of carbonyl (C=O) groups excluding carboxylic acids is 1. The van der Waals surface area contributed by atoms with Gasteiger partial charge in [-0.1, -0.05) is 0 Å². The van der Waals surface area contributed by atoms with E-state index in [2.05, 4.69) is 20.4 Å². The second kappa shape index (κ2) is 7.08. The molecule has 0 saturated heterocycles. The first kappa shape index (κ1) is 18.2. The summed E-state index contributed by atoms with van der Waals surface area (Å²) in [6.45, 7) is 4.00. The van der Waals surface area contributed by atoms with E-state index in [9.17, 15) is 13.6 Å². The lowest BCUT2D eigenvalue weighted by molar-refractivity contribution is 0.102. The lowest BCUT2D eigenvalue weighted by Gasteiger charge is -2.06. The van der Waals surface area contributed by atoms with Crippen LogP contribution in [0.25, 0.3) is 22.3 Å². The van der Waals surface area contributed by atoms with Gasteiger partial charge in [-0.3, -0.25) is 10.1 Å². The summed E-state index contributed by atoms with van der Waals surface area (Å²) in [4.78, 5) is 21.1. The molecule has 0 aliphatic heterocycles. The lowest BCUT2D eigenvalue weighted by atomic mass is 10.2. The van der Waals surface area contributed by atoms with E-state index in [0.29, 0.717) is 27.6 Å². The molecule has 28 heavy (non-hydrogen) atoms. The van der Waals surface area contributed by atoms with Gasteiger partial charge in [-0.15, -0.1) is 11.3 Å². The van der Waals surface area contributed by atoms with Gasteiger partial charge in [-0.2, -0.15) is 5.10 Å². The summed E-state index contributed by atoms with van der Waals surface area (Å²) in [5.41, 5.74) is 1.97. The number of hydrogen-bond donors (Lipinski definition) is 1. The number of anilines is 1. The van der Waals surface area contributed by atoms with E-state index in [1.165, 1.54) is 23.6 Å². The molecule has 0 fully saturated rings. The quantitative estimate of drug-likeness (QED) is 0.541. The first-order valence-corrected chi connectivity index (χ1v) is 9.36. The number of rotatable bonds is 4. The number of hydrogen-bond acceptors (Lipinski definition) is 5. The van der Waals surface area contributed by atoms with Crippen LogP contribution in [0.4, 0.5) is 13.9 Å². The highest BCUT2D eigenvalue weighted by Gasteiger charge is 2.14. The van der Waals surface area contributed by atoms with Crippen LogP contribution in [0, 0.1) is 11.6 Å². The normalized spacial score (nSPS) is 11.3. The molecule has 1 aromatic carbocycles. The molecule has 142 valence electrons. The predicted octanol–water partition coefficient (Wildman–Crippen LogP) is 4.67. The number of nitrogens with zero attached hydrogens (tertiary/aromatic N) is 4. The Balaban J connectivity index is 1.54. The molecule has 3 heterocycles. The van der Waals surface area contributed by atoms with E-state index in [-0.39, 0.29) is 11.9 Å². The highest BCUT2D eigenvalue weighted by Crippen LogP contribution is 2.26. The van der Waals surface area contributed by atoms with Crippen molar-refractivity contribution in [2.75, 3.05) is 5.32 Å². The number of benzene rings is 1. The molecule has 0 atom stereocenters. The third-order valence-corrected chi connectivity index (χ3v) is 4.88. The van der Waals surface area contributed by atoms with Crippen LogP contribution in [-0.4, -0.2) is 25.7 Å². The molecule has 0 bridgehead atoms. The fraction of sp³-hybridized carbons (Fsp3) is 0.158. The SMILES string of the molecule is CC(C)n1ncc2cc(C(=O)Nc3nc(-c4ccc(F)c(F)c4)cs3)cnc21. The summed E-state index contributed by atoms with van der Waals surface area (Å²) in [6, 6.07) is 5.42. The number of nitrogens with one attached hydrogen (secondary N) is 1. The van der Waals surface area contributed by atoms with Gasteiger partial charge in [0.25, 0.3) is 5.91 Å². The number of fused-ring (bicyclic) bond motifs is 1. The molecule has 0 unspecified atom stereocenters. The van der Waals surface area contributed by atoms with Crippen molar-refractivity contribution in [2.45, 2.75) is 19.9 Å². The Bertz CT molecular complexity index is 1180. The maximum atomic E-state index is 13.4. The Morgan fingerprint density at radius 1 is 1.18 bits per heavy atom. The van der Waals surface area contributed by atoms with Gasteiger partial charge < -0.3 is 0 Å². The average Bonchev–Trinajstić information content (AvgIpc) is 3.30. The topological polar surface area (TPSA) is 72.7 Å². The van der Waals surface area contributed by atoms with Crippen molar-refractivity contribution < 1.29 is 13.6 Å². The Kier molecular flexibility index (Phi) is 4.60. The van der Waals surface area contributed by atoms with Gasteiger partial charge in [-0.05, 0) is 38.1 Å². The van der Waals surface area contributed by atoms with E-state index >= 15 is 0 Å². The first-order valence-electron chi connectivity index (χ1n) is 8.48. The summed E-state index contributed by atoms with van der Waals surface area (Å²) in [7, 11) is 0. The van der Waals surface area contributed by atoms with Gasteiger partial charge in [0.1, 0.15) is 0 Å². The van der Waals surface area contributed by atoms with Crippen LogP contribution in [0.5, 0.6) is 0 Å². The number of amides is 1. The van der Waals surface area contributed by atoms with Gasteiger partial charge in [0.2, 0.25) is 0 Å². The molecule has 0 aliphatic rings. The number of halogens is 2. The predicted molar refractivity (Wildman–Crippen MR) is 103 cm³/mol. The highest BCUT2D eigenvalue weighted by atomic mass is 32.1. The van der Waals surface area contributed by atoms with E-state index in [4.69, 9.17) is 0 Å². The Hall–Kier alpha value is -3.20. The third kappa shape index (κ3) is 3.36. The van der Waals surface area contributed by atoms with Crippen molar-refractivity contribution in [1.29, 1.82) is 0 Å². The van der Waals surface area contributed by atoms with E-state index in [1.807, 2.05) is 13.8 Å². The van der Waals surface area contributed by atoms with Crippen molar-refractivity contribution in [3.63, 3.8) is 0 Å². The summed E-state index contributed by atoms with van der Waals surface area (Å²) in [5, 5.41) is 9.77. The zero-order valence-corrected chi connectivity index (χ0v) is 15.8. The van der Waals surface area contributed by atoms with Gasteiger partial charge in [0.15, 0.2) is 22.4 Å². The van der Waals surface area contributed by atoms with Gasteiger partial charge >= 0.3 is 0 Å². The minimum atomic E-state index is -0.947. The summed E-state index contributed by atoms with van der Waals surface area (Å²) >= 11 is 1.19. The van der Waals surface area contributed by atoms with Crippen LogP contribution in [0.2, 0.25) is 0 Å². The molecule has 1 N–H and O–H groups in total. The van der Waals surface area contributed by atoms with Crippen molar-refractivity contribution >= 4 is 33.4 Å². The lowest BCUT2D eigenvalue weighted by Crippen LogP contribution is -2.12. The van der Waals surface area contributed by atoms with Crippen LogP contribution in [0.1, 0.15) is 30.2 Å². The first-order chi connectivity index (χ1) is 13.4. The van der Waals surface area contributed by atoms with Crippen molar-refractivity contribution in [2.24, 2.45) is 0 Å². The minimum Gasteiger partial charge on any atom is -0.298 e. The monoisotopic (exact) mass is 399 g/mol. The molecule has 6 nitrogen and oxygen atoms in total. The zero-order valence-electron chi connectivity index (χ0n) is 15.0. The molecular weight excluding hydrogens is 384 g/mol. The minimum absolute atomic E-state index is 0.162. The number of thiazole rings is 1. The van der Waals surface area contributed by atoms with Gasteiger partial charge in [0.05, 0.1) is 17.5 Å². The van der Waals surface area contributed by atoms with Crippen molar-refractivity contribution in [1.82, 2.24) is 19.7 Å².